The van der Waals surface area contributed by atoms with Crippen molar-refractivity contribution in [2.75, 3.05) is 56.2 Å². The standard InChI is InChI=1S/C10H18N4OS2/c1-16-8-9(11)12-17-10(8)14-4-2-13(3-5-14)6-7-15/h15H,2-7H2,1H3,(H2,11,12). The van der Waals surface area contributed by atoms with Crippen LogP contribution in [0.25, 0.3) is 0 Å². The molecule has 7 heteroatoms. The van der Waals surface area contributed by atoms with Crippen LogP contribution in [0.2, 0.25) is 0 Å². The fourth-order valence-corrected chi connectivity index (χ4v) is 3.73. The molecule has 0 bridgehead atoms. The van der Waals surface area contributed by atoms with Gasteiger partial charge in [0.15, 0.2) is 5.82 Å². The van der Waals surface area contributed by atoms with Gasteiger partial charge in [0.1, 0.15) is 5.00 Å². The summed E-state index contributed by atoms with van der Waals surface area (Å²) in [6, 6.07) is 0. The lowest BCUT2D eigenvalue weighted by Crippen LogP contribution is -2.47. The van der Waals surface area contributed by atoms with Crippen LogP contribution in [0.1, 0.15) is 0 Å². The summed E-state index contributed by atoms with van der Waals surface area (Å²) in [6.45, 7) is 4.96. The van der Waals surface area contributed by atoms with E-state index in [1.54, 1.807) is 11.8 Å². The summed E-state index contributed by atoms with van der Waals surface area (Å²) in [5.41, 5.74) is 5.84. The van der Waals surface area contributed by atoms with Crippen LogP contribution in [-0.2, 0) is 0 Å². The zero-order chi connectivity index (χ0) is 12.3. The molecular formula is C10H18N4OS2. The van der Waals surface area contributed by atoms with Crippen molar-refractivity contribution in [3.63, 3.8) is 0 Å². The molecule has 2 rings (SSSR count). The van der Waals surface area contributed by atoms with Gasteiger partial charge in [0, 0.05) is 32.7 Å². The van der Waals surface area contributed by atoms with Gasteiger partial charge in [0.05, 0.1) is 11.5 Å². The highest BCUT2D eigenvalue weighted by Gasteiger charge is 2.21. The third-order valence-electron chi connectivity index (χ3n) is 2.94. The van der Waals surface area contributed by atoms with Gasteiger partial charge in [-0.15, -0.1) is 11.8 Å². The molecule has 5 nitrogen and oxygen atoms in total. The van der Waals surface area contributed by atoms with Gasteiger partial charge < -0.3 is 15.7 Å². The fraction of sp³-hybridized carbons (Fsp3) is 0.700. The van der Waals surface area contributed by atoms with Gasteiger partial charge in [-0.1, -0.05) is 0 Å². The Kier molecular flexibility index (Phi) is 4.49. The zero-order valence-corrected chi connectivity index (χ0v) is 11.6. The number of nitrogens with zero attached hydrogens (tertiary/aromatic N) is 3. The number of piperazine rings is 1. The smallest absolute Gasteiger partial charge is 0.153 e. The molecule has 1 saturated heterocycles. The van der Waals surface area contributed by atoms with Gasteiger partial charge in [-0.25, -0.2) is 0 Å². The van der Waals surface area contributed by atoms with Crippen LogP contribution in [0.3, 0.4) is 0 Å². The quantitative estimate of drug-likeness (QED) is 0.782. The van der Waals surface area contributed by atoms with Crippen molar-refractivity contribution in [3.05, 3.63) is 0 Å². The maximum absolute atomic E-state index is 8.90. The molecule has 1 aliphatic rings. The van der Waals surface area contributed by atoms with E-state index in [2.05, 4.69) is 14.2 Å². The van der Waals surface area contributed by atoms with Crippen LogP contribution in [0, 0.1) is 0 Å². The van der Waals surface area contributed by atoms with E-state index >= 15 is 0 Å². The Hall–Kier alpha value is -0.500. The highest BCUT2D eigenvalue weighted by atomic mass is 32.2. The van der Waals surface area contributed by atoms with Gasteiger partial charge in [0.2, 0.25) is 0 Å². The van der Waals surface area contributed by atoms with E-state index in [0.29, 0.717) is 5.82 Å². The summed E-state index contributed by atoms with van der Waals surface area (Å²) in [5.74, 6) is 0.648. The Balaban J connectivity index is 2.00. The average molecular weight is 274 g/mol. The second-order valence-electron chi connectivity index (χ2n) is 3.96. The molecule has 0 saturated carbocycles. The number of hydrogen-bond donors (Lipinski definition) is 2. The highest BCUT2D eigenvalue weighted by molar-refractivity contribution is 7.99. The van der Waals surface area contributed by atoms with Crippen LogP contribution in [0.15, 0.2) is 4.90 Å². The predicted molar refractivity (Wildman–Crippen MR) is 74.0 cm³/mol. The molecule has 1 fully saturated rings. The topological polar surface area (TPSA) is 65.6 Å². The van der Waals surface area contributed by atoms with Crippen molar-refractivity contribution in [1.82, 2.24) is 9.27 Å². The number of β-amino-alcohol motifs (C(OH)–C–C–N with tert-alkyl or cyclic N) is 1. The molecule has 0 unspecified atom stereocenters. The average Bonchev–Trinajstić information content (AvgIpc) is 2.72. The third kappa shape index (κ3) is 2.85. The van der Waals surface area contributed by atoms with Gasteiger partial charge >= 0.3 is 0 Å². The zero-order valence-electron chi connectivity index (χ0n) is 9.93. The molecule has 2 heterocycles. The molecule has 17 heavy (non-hydrogen) atoms. The monoisotopic (exact) mass is 274 g/mol. The largest absolute Gasteiger partial charge is 0.395 e. The van der Waals surface area contributed by atoms with Gasteiger partial charge in [-0.2, -0.15) is 4.37 Å². The van der Waals surface area contributed by atoms with Crippen molar-refractivity contribution in [3.8, 4) is 0 Å². The van der Waals surface area contributed by atoms with E-state index < -0.39 is 0 Å². The molecular weight excluding hydrogens is 256 g/mol. The minimum atomic E-state index is 0.240. The Morgan fingerprint density at radius 2 is 2.12 bits per heavy atom. The molecule has 0 amide bonds. The molecule has 1 aliphatic heterocycles. The Bertz CT molecular complexity index is 363. The first-order valence-corrected chi connectivity index (χ1v) is 7.63. The highest BCUT2D eigenvalue weighted by Crippen LogP contribution is 2.37. The van der Waals surface area contributed by atoms with Crippen LogP contribution in [-0.4, -0.2) is 60.0 Å². The number of rotatable bonds is 4. The van der Waals surface area contributed by atoms with Crippen LogP contribution >= 0.6 is 23.3 Å². The van der Waals surface area contributed by atoms with E-state index in [-0.39, 0.29) is 6.61 Å². The van der Waals surface area contributed by atoms with E-state index in [1.165, 1.54) is 16.5 Å². The number of hydrogen-bond acceptors (Lipinski definition) is 7. The molecule has 0 aromatic carbocycles. The van der Waals surface area contributed by atoms with Gasteiger partial charge in [0.25, 0.3) is 0 Å². The normalized spacial score (nSPS) is 17.6. The molecule has 0 aliphatic carbocycles. The fourth-order valence-electron chi connectivity index (χ4n) is 1.99. The Labute approximate surface area is 110 Å². The minimum Gasteiger partial charge on any atom is -0.395 e. The van der Waals surface area contributed by atoms with Crippen molar-refractivity contribution in [2.45, 2.75) is 4.90 Å². The number of nitrogen functional groups attached to an aromatic ring is 1. The molecule has 0 atom stereocenters. The number of aliphatic hydroxyl groups is 1. The van der Waals surface area contributed by atoms with Gasteiger partial charge in [-0.05, 0) is 17.8 Å². The number of aliphatic hydroxyl groups excluding tert-OH is 1. The maximum atomic E-state index is 8.90. The summed E-state index contributed by atoms with van der Waals surface area (Å²) in [5, 5.41) is 10.1. The summed E-state index contributed by atoms with van der Waals surface area (Å²) < 4.78 is 4.22. The molecule has 1 aromatic rings. The lowest BCUT2D eigenvalue weighted by atomic mass is 10.3. The first kappa shape index (κ1) is 12.9. The second-order valence-corrected chi connectivity index (χ2v) is 5.53. The van der Waals surface area contributed by atoms with E-state index in [4.69, 9.17) is 10.8 Å². The van der Waals surface area contributed by atoms with Crippen LogP contribution in [0.4, 0.5) is 10.8 Å². The van der Waals surface area contributed by atoms with Crippen molar-refractivity contribution >= 4 is 34.1 Å². The van der Waals surface area contributed by atoms with Crippen molar-refractivity contribution in [1.29, 1.82) is 0 Å². The van der Waals surface area contributed by atoms with Crippen LogP contribution < -0.4 is 10.6 Å². The molecule has 0 radical (unpaired) electrons. The van der Waals surface area contributed by atoms with Gasteiger partial charge in [-0.3, -0.25) is 4.90 Å². The second kappa shape index (κ2) is 5.90. The van der Waals surface area contributed by atoms with Crippen LogP contribution in [0.5, 0.6) is 0 Å². The summed E-state index contributed by atoms with van der Waals surface area (Å²) in [7, 11) is 0. The number of aromatic nitrogens is 1. The summed E-state index contributed by atoms with van der Waals surface area (Å²) >= 11 is 3.15. The number of nitrogens with two attached hydrogens (primary N) is 1. The molecule has 0 spiro atoms. The first-order valence-electron chi connectivity index (χ1n) is 5.63. The van der Waals surface area contributed by atoms with E-state index in [1.807, 2.05) is 6.26 Å². The summed E-state index contributed by atoms with van der Waals surface area (Å²) in [6.07, 6.45) is 2.03. The minimum absolute atomic E-state index is 0.240. The van der Waals surface area contributed by atoms with E-state index in [0.717, 1.165) is 37.6 Å². The summed E-state index contributed by atoms with van der Waals surface area (Å²) in [4.78, 5) is 5.72. The third-order valence-corrected chi connectivity index (χ3v) is 4.80. The number of anilines is 2. The maximum Gasteiger partial charge on any atom is 0.153 e. The van der Waals surface area contributed by atoms with Crippen molar-refractivity contribution < 1.29 is 5.11 Å². The Morgan fingerprint density at radius 3 is 2.71 bits per heavy atom. The molecule has 1 aromatic heterocycles. The predicted octanol–water partition coefficient (Wildman–Crippen LogP) is 0.561. The SMILES string of the molecule is CSc1c(N)nsc1N1CCN(CCO)CC1. The number of thioether (sulfide) groups is 1. The lowest BCUT2D eigenvalue weighted by Gasteiger charge is -2.35. The molecule has 3 N–H and O–H groups in total. The Morgan fingerprint density at radius 1 is 1.41 bits per heavy atom. The first-order chi connectivity index (χ1) is 8.26. The lowest BCUT2D eigenvalue weighted by molar-refractivity contribution is 0.189. The van der Waals surface area contributed by atoms with E-state index in [9.17, 15) is 0 Å². The van der Waals surface area contributed by atoms with Crippen molar-refractivity contribution in [2.24, 2.45) is 0 Å². The molecule has 96 valence electrons.